The zero-order valence-corrected chi connectivity index (χ0v) is 12.3. The van der Waals surface area contributed by atoms with E-state index < -0.39 is 0 Å². The quantitative estimate of drug-likeness (QED) is 0.751. The summed E-state index contributed by atoms with van der Waals surface area (Å²) in [7, 11) is 0. The number of amides is 2. The number of anilines is 1. The van der Waals surface area contributed by atoms with Crippen molar-refractivity contribution in [2.75, 3.05) is 16.4 Å². The monoisotopic (exact) mass is 335 g/mol. The van der Waals surface area contributed by atoms with Gasteiger partial charge in [-0.05, 0) is 17.5 Å². The lowest BCUT2D eigenvalue weighted by molar-refractivity contribution is -0.124. The third kappa shape index (κ3) is 2.17. The largest absolute Gasteiger partial charge is 0.273 e. The Hall–Kier alpha value is -1.33. The molecular formula is C14H10BrNO2S. The molecule has 2 aromatic carbocycles. The molecule has 1 heterocycles. The second kappa shape index (κ2) is 4.98. The van der Waals surface area contributed by atoms with Gasteiger partial charge in [-0.25, -0.2) is 4.90 Å². The van der Waals surface area contributed by atoms with Crippen LogP contribution in [0.15, 0.2) is 40.9 Å². The topological polar surface area (TPSA) is 37.4 Å². The maximum Gasteiger partial charge on any atom is 0.243 e. The van der Waals surface area contributed by atoms with Crippen LogP contribution in [0.25, 0.3) is 10.8 Å². The summed E-state index contributed by atoms with van der Waals surface area (Å²) in [4.78, 5) is 25.3. The van der Waals surface area contributed by atoms with Crippen LogP contribution < -0.4 is 4.90 Å². The Labute approximate surface area is 123 Å². The summed E-state index contributed by atoms with van der Waals surface area (Å²) in [5.74, 6) is 0.425. The van der Waals surface area contributed by atoms with Crippen LogP contribution >= 0.6 is 27.7 Å². The van der Waals surface area contributed by atoms with E-state index in [1.165, 1.54) is 16.7 Å². The van der Waals surface area contributed by atoms with Gasteiger partial charge in [-0.15, -0.1) is 11.8 Å². The highest BCUT2D eigenvalue weighted by Gasteiger charge is 2.29. The van der Waals surface area contributed by atoms with Gasteiger partial charge < -0.3 is 0 Å². The Morgan fingerprint density at radius 3 is 2.26 bits per heavy atom. The smallest absolute Gasteiger partial charge is 0.243 e. The SMILES string of the molecule is O=C1CSCC(=O)N1c1ccc(Br)c2ccccc12. The van der Waals surface area contributed by atoms with Gasteiger partial charge in [-0.2, -0.15) is 0 Å². The molecule has 3 nitrogen and oxygen atoms in total. The van der Waals surface area contributed by atoms with Gasteiger partial charge in [0.25, 0.3) is 0 Å². The maximum absolute atomic E-state index is 12.0. The number of rotatable bonds is 1. The number of fused-ring (bicyclic) bond motifs is 1. The Morgan fingerprint density at radius 2 is 1.58 bits per heavy atom. The van der Waals surface area contributed by atoms with E-state index in [1.807, 2.05) is 36.4 Å². The molecule has 0 aromatic heterocycles. The van der Waals surface area contributed by atoms with Crippen molar-refractivity contribution in [3.63, 3.8) is 0 Å². The molecule has 1 fully saturated rings. The van der Waals surface area contributed by atoms with Crippen LogP contribution in [-0.2, 0) is 9.59 Å². The third-order valence-electron chi connectivity index (χ3n) is 3.04. The normalized spacial score (nSPS) is 16.2. The maximum atomic E-state index is 12.0. The zero-order chi connectivity index (χ0) is 13.4. The number of nitrogens with zero attached hydrogens (tertiary/aromatic N) is 1. The molecule has 1 saturated heterocycles. The Bertz CT molecular complexity index is 670. The highest BCUT2D eigenvalue weighted by molar-refractivity contribution is 9.10. The lowest BCUT2D eigenvalue weighted by Gasteiger charge is -2.26. The fourth-order valence-corrected chi connectivity index (χ4v) is 3.39. The molecule has 0 atom stereocenters. The molecule has 19 heavy (non-hydrogen) atoms. The van der Waals surface area contributed by atoms with Crippen molar-refractivity contribution in [2.45, 2.75) is 0 Å². The fourth-order valence-electron chi connectivity index (χ4n) is 2.20. The Morgan fingerprint density at radius 1 is 0.947 bits per heavy atom. The van der Waals surface area contributed by atoms with Crippen LogP contribution in [0.4, 0.5) is 5.69 Å². The predicted molar refractivity (Wildman–Crippen MR) is 81.5 cm³/mol. The summed E-state index contributed by atoms with van der Waals surface area (Å²) in [6, 6.07) is 11.4. The molecule has 0 aliphatic carbocycles. The van der Waals surface area contributed by atoms with Crippen molar-refractivity contribution in [2.24, 2.45) is 0 Å². The molecule has 3 rings (SSSR count). The van der Waals surface area contributed by atoms with Gasteiger partial charge in [0.05, 0.1) is 17.2 Å². The summed E-state index contributed by atoms with van der Waals surface area (Å²) < 4.78 is 0.957. The molecule has 1 aliphatic rings. The number of benzene rings is 2. The molecule has 0 bridgehead atoms. The highest BCUT2D eigenvalue weighted by atomic mass is 79.9. The first-order chi connectivity index (χ1) is 9.18. The molecule has 0 unspecified atom stereocenters. The second-order valence-corrected chi connectivity index (χ2v) is 6.07. The molecule has 5 heteroatoms. The zero-order valence-electron chi connectivity index (χ0n) is 9.93. The lowest BCUT2D eigenvalue weighted by Crippen LogP contribution is -2.43. The van der Waals surface area contributed by atoms with Gasteiger partial charge in [-0.1, -0.05) is 40.2 Å². The van der Waals surface area contributed by atoms with Crippen molar-refractivity contribution < 1.29 is 9.59 Å². The summed E-state index contributed by atoms with van der Waals surface area (Å²) in [6.07, 6.45) is 0. The van der Waals surface area contributed by atoms with Gasteiger partial charge in [0.1, 0.15) is 0 Å². The summed E-state index contributed by atoms with van der Waals surface area (Å²) in [5.41, 5.74) is 0.675. The van der Waals surface area contributed by atoms with Crippen molar-refractivity contribution in [3.8, 4) is 0 Å². The molecule has 0 spiro atoms. The number of carbonyl (C=O) groups excluding carboxylic acids is 2. The Balaban J connectivity index is 2.22. The van der Waals surface area contributed by atoms with E-state index in [9.17, 15) is 9.59 Å². The van der Waals surface area contributed by atoms with E-state index in [4.69, 9.17) is 0 Å². The minimum atomic E-state index is -0.145. The number of imide groups is 1. The first-order valence-electron chi connectivity index (χ1n) is 5.79. The van der Waals surface area contributed by atoms with Gasteiger partial charge in [0.2, 0.25) is 11.8 Å². The average Bonchev–Trinajstić information content (AvgIpc) is 2.41. The van der Waals surface area contributed by atoms with Crippen molar-refractivity contribution in [1.29, 1.82) is 0 Å². The second-order valence-electron chi connectivity index (χ2n) is 4.23. The third-order valence-corrected chi connectivity index (χ3v) is 4.63. The number of carbonyl (C=O) groups is 2. The van der Waals surface area contributed by atoms with E-state index in [0.29, 0.717) is 17.2 Å². The minimum absolute atomic E-state index is 0.145. The highest BCUT2D eigenvalue weighted by Crippen LogP contribution is 2.33. The summed E-state index contributed by atoms with van der Waals surface area (Å²) in [6.45, 7) is 0. The predicted octanol–water partition coefficient (Wildman–Crippen LogP) is 3.21. The number of hydrogen-bond acceptors (Lipinski definition) is 3. The van der Waals surface area contributed by atoms with E-state index >= 15 is 0 Å². The van der Waals surface area contributed by atoms with Gasteiger partial charge >= 0.3 is 0 Å². The van der Waals surface area contributed by atoms with Crippen LogP contribution in [0.1, 0.15) is 0 Å². The molecule has 2 aromatic rings. The van der Waals surface area contributed by atoms with Crippen molar-refractivity contribution >= 4 is 56.0 Å². The molecule has 96 valence electrons. The molecule has 0 radical (unpaired) electrons. The van der Waals surface area contributed by atoms with Crippen LogP contribution in [0.2, 0.25) is 0 Å². The fraction of sp³-hybridized carbons (Fsp3) is 0.143. The van der Waals surface area contributed by atoms with Gasteiger partial charge in [0.15, 0.2) is 0 Å². The van der Waals surface area contributed by atoms with E-state index in [1.54, 1.807) is 0 Å². The van der Waals surface area contributed by atoms with E-state index in [-0.39, 0.29) is 11.8 Å². The van der Waals surface area contributed by atoms with Gasteiger partial charge in [-0.3, -0.25) is 9.59 Å². The van der Waals surface area contributed by atoms with E-state index in [2.05, 4.69) is 15.9 Å². The standard InChI is InChI=1S/C14H10BrNO2S/c15-11-5-6-12(10-4-2-1-3-9(10)11)16-13(17)7-19-8-14(16)18/h1-6H,7-8H2. The molecule has 2 amide bonds. The van der Waals surface area contributed by atoms with Crippen LogP contribution in [0, 0.1) is 0 Å². The minimum Gasteiger partial charge on any atom is -0.273 e. The van der Waals surface area contributed by atoms with Crippen molar-refractivity contribution in [3.05, 3.63) is 40.9 Å². The van der Waals surface area contributed by atoms with Crippen LogP contribution in [0.5, 0.6) is 0 Å². The molecule has 0 saturated carbocycles. The Kier molecular flexibility index (Phi) is 3.33. The number of halogens is 1. The number of thioether (sulfide) groups is 1. The number of hydrogen-bond donors (Lipinski definition) is 0. The van der Waals surface area contributed by atoms with E-state index in [0.717, 1.165) is 15.2 Å². The van der Waals surface area contributed by atoms with Crippen molar-refractivity contribution in [1.82, 2.24) is 0 Å². The first kappa shape index (κ1) is 12.7. The summed E-state index contributed by atoms with van der Waals surface area (Å²) >= 11 is 4.86. The van der Waals surface area contributed by atoms with Gasteiger partial charge in [0, 0.05) is 9.86 Å². The summed E-state index contributed by atoms with van der Waals surface area (Å²) in [5, 5.41) is 1.91. The van der Waals surface area contributed by atoms with Crippen LogP contribution in [-0.4, -0.2) is 23.3 Å². The molecule has 0 N–H and O–H groups in total. The average molecular weight is 336 g/mol. The lowest BCUT2D eigenvalue weighted by atomic mass is 10.1. The molecule has 1 aliphatic heterocycles. The molecular weight excluding hydrogens is 326 g/mol. The van der Waals surface area contributed by atoms with Crippen LogP contribution in [0.3, 0.4) is 0 Å². The first-order valence-corrected chi connectivity index (χ1v) is 7.74.